The fraction of sp³-hybridized carbons (Fsp3) is 0.500. The molecule has 3 rings (SSSR count). The van der Waals surface area contributed by atoms with Gasteiger partial charge in [0.15, 0.2) is 0 Å². The van der Waals surface area contributed by atoms with Crippen molar-refractivity contribution in [2.45, 2.75) is 38.3 Å². The lowest BCUT2D eigenvalue weighted by molar-refractivity contribution is -0.123. The molecule has 2 aromatic rings. The Hall–Kier alpha value is -1.88. The Morgan fingerprint density at radius 3 is 3.14 bits per heavy atom. The van der Waals surface area contributed by atoms with E-state index in [4.69, 9.17) is 0 Å². The summed E-state index contributed by atoms with van der Waals surface area (Å²) >= 11 is 0. The second kappa shape index (κ2) is 6.72. The van der Waals surface area contributed by atoms with Crippen LogP contribution in [0.3, 0.4) is 0 Å². The van der Waals surface area contributed by atoms with Crippen molar-refractivity contribution in [3.63, 3.8) is 0 Å². The number of nitrogens with zero attached hydrogens (tertiary/aromatic N) is 2. The Morgan fingerprint density at radius 1 is 1.38 bits per heavy atom. The van der Waals surface area contributed by atoms with Crippen LogP contribution in [0.5, 0.6) is 0 Å². The fourth-order valence-electron chi connectivity index (χ4n) is 2.85. The van der Waals surface area contributed by atoms with Gasteiger partial charge in [-0.05, 0) is 37.9 Å². The van der Waals surface area contributed by atoms with Crippen LogP contribution in [0, 0.1) is 0 Å². The largest absolute Gasteiger partial charge is 0.355 e. The third-order valence-electron chi connectivity index (χ3n) is 4.03. The number of benzene rings is 1. The molecule has 5 nitrogen and oxygen atoms in total. The highest BCUT2D eigenvalue weighted by molar-refractivity contribution is 5.81. The highest BCUT2D eigenvalue weighted by atomic mass is 16.2. The van der Waals surface area contributed by atoms with Crippen molar-refractivity contribution in [1.82, 2.24) is 20.2 Å². The Balaban J connectivity index is 1.44. The van der Waals surface area contributed by atoms with Crippen LogP contribution >= 0.6 is 0 Å². The Bertz CT molecular complexity index is 601. The molecule has 21 heavy (non-hydrogen) atoms. The zero-order valence-corrected chi connectivity index (χ0v) is 12.2. The molecule has 5 heteroatoms. The van der Waals surface area contributed by atoms with E-state index in [2.05, 4.69) is 26.3 Å². The van der Waals surface area contributed by atoms with Gasteiger partial charge in [0.25, 0.3) is 0 Å². The van der Waals surface area contributed by atoms with Crippen LogP contribution in [0.15, 0.2) is 30.6 Å². The number of imidazole rings is 1. The van der Waals surface area contributed by atoms with Gasteiger partial charge in [-0.2, -0.15) is 0 Å². The van der Waals surface area contributed by atoms with Gasteiger partial charge in [-0.15, -0.1) is 0 Å². The zero-order valence-electron chi connectivity index (χ0n) is 12.2. The summed E-state index contributed by atoms with van der Waals surface area (Å²) in [5.74, 6) is 0.144. The van der Waals surface area contributed by atoms with E-state index in [9.17, 15) is 4.79 Å². The molecule has 1 saturated heterocycles. The average Bonchev–Trinajstić information content (AvgIpc) is 2.95. The van der Waals surface area contributed by atoms with Gasteiger partial charge in [0, 0.05) is 13.1 Å². The molecule has 1 aliphatic rings. The van der Waals surface area contributed by atoms with Crippen LogP contribution in [0.1, 0.15) is 25.7 Å². The molecule has 1 amide bonds. The Labute approximate surface area is 124 Å². The number of piperidine rings is 1. The van der Waals surface area contributed by atoms with Gasteiger partial charge in [0.2, 0.25) is 5.91 Å². The molecule has 0 bridgehead atoms. The monoisotopic (exact) mass is 286 g/mol. The smallest absolute Gasteiger partial charge is 0.237 e. The number of aryl methyl sites for hydroxylation is 1. The van der Waals surface area contributed by atoms with Gasteiger partial charge in [-0.25, -0.2) is 4.98 Å². The third kappa shape index (κ3) is 3.42. The number of hydrogen-bond donors (Lipinski definition) is 2. The normalized spacial score (nSPS) is 18.8. The topological polar surface area (TPSA) is 59.0 Å². The maximum Gasteiger partial charge on any atom is 0.237 e. The molecular formula is C16H22N4O. The maximum absolute atomic E-state index is 12.0. The second-order valence-electron chi connectivity index (χ2n) is 5.57. The molecule has 1 aromatic carbocycles. The molecule has 1 aromatic heterocycles. The van der Waals surface area contributed by atoms with Gasteiger partial charge in [0.05, 0.1) is 23.4 Å². The quantitative estimate of drug-likeness (QED) is 0.822. The van der Waals surface area contributed by atoms with Crippen LogP contribution in [0.4, 0.5) is 0 Å². The van der Waals surface area contributed by atoms with Crippen LogP contribution in [-0.2, 0) is 11.3 Å². The van der Waals surface area contributed by atoms with E-state index in [1.807, 2.05) is 24.5 Å². The first-order chi connectivity index (χ1) is 10.3. The van der Waals surface area contributed by atoms with Crippen molar-refractivity contribution in [3.05, 3.63) is 30.6 Å². The van der Waals surface area contributed by atoms with Gasteiger partial charge in [-0.3, -0.25) is 4.79 Å². The number of hydrogen-bond acceptors (Lipinski definition) is 3. The lowest BCUT2D eigenvalue weighted by atomic mass is 10.0. The lowest BCUT2D eigenvalue weighted by Gasteiger charge is -2.22. The van der Waals surface area contributed by atoms with E-state index in [1.54, 1.807) is 0 Å². The minimum absolute atomic E-state index is 0.00725. The van der Waals surface area contributed by atoms with Crippen LogP contribution in [0.2, 0.25) is 0 Å². The maximum atomic E-state index is 12.0. The molecule has 0 aliphatic carbocycles. The first kappa shape index (κ1) is 14.1. The van der Waals surface area contributed by atoms with Crippen LogP contribution in [0.25, 0.3) is 11.0 Å². The summed E-state index contributed by atoms with van der Waals surface area (Å²) in [6, 6.07) is 8.12. The van der Waals surface area contributed by atoms with Gasteiger partial charge in [-0.1, -0.05) is 18.6 Å². The number of carbonyl (C=O) groups excluding carboxylic acids is 1. The van der Waals surface area contributed by atoms with E-state index in [0.717, 1.165) is 43.4 Å². The number of fused-ring (bicyclic) bond motifs is 1. The highest BCUT2D eigenvalue weighted by Gasteiger charge is 2.19. The van der Waals surface area contributed by atoms with E-state index in [0.29, 0.717) is 6.54 Å². The molecule has 1 aliphatic heterocycles. The van der Waals surface area contributed by atoms with Gasteiger partial charge in [0.1, 0.15) is 0 Å². The van der Waals surface area contributed by atoms with Crippen LogP contribution < -0.4 is 10.6 Å². The summed E-state index contributed by atoms with van der Waals surface area (Å²) in [6.07, 6.45) is 6.07. The number of aromatic nitrogens is 2. The summed E-state index contributed by atoms with van der Waals surface area (Å²) < 4.78 is 2.14. The summed E-state index contributed by atoms with van der Waals surface area (Å²) in [4.78, 5) is 16.4. The first-order valence-electron chi connectivity index (χ1n) is 7.75. The van der Waals surface area contributed by atoms with Crippen molar-refractivity contribution in [1.29, 1.82) is 0 Å². The molecule has 0 radical (unpaired) electrons. The Kier molecular flexibility index (Phi) is 4.50. The zero-order chi connectivity index (χ0) is 14.5. The average molecular weight is 286 g/mol. The van der Waals surface area contributed by atoms with Crippen molar-refractivity contribution in [3.8, 4) is 0 Å². The summed E-state index contributed by atoms with van der Waals surface area (Å²) in [5, 5.41) is 6.30. The van der Waals surface area contributed by atoms with E-state index < -0.39 is 0 Å². The summed E-state index contributed by atoms with van der Waals surface area (Å²) in [5.41, 5.74) is 2.17. The molecule has 1 atom stereocenters. The number of carbonyl (C=O) groups is 1. The SMILES string of the molecule is O=C(NCCCn1cnc2ccccc21)C1CCCCN1. The minimum Gasteiger partial charge on any atom is -0.355 e. The predicted octanol–water partition coefficient (Wildman–Crippen LogP) is 1.68. The number of rotatable bonds is 5. The number of amides is 1. The third-order valence-corrected chi connectivity index (χ3v) is 4.03. The lowest BCUT2D eigenvalue weighted by Crippen LogP contribution is -2.46. The van der Waals surface area contributed by atoms with E-state index in [-0.39, 0.29) is 11.9 Å². The molecule has 1 unspecified atom stereocenters. The van der Waals surface area contributed by atoms with Gasteiger partial charge >= 0.3 is 0 Å². The fourth-order valence-corrected chi connectivity index (χ4v) is 2.85. The van der Waals surface area contributed by atoms with E-state index >= 15 is 0 Å². The first-order valence-corrected chi connectivity index (χ1v) is 7.75. The van der Waals surface area contributed by atoms with Crippen LogP contribution in [-0.4, -0.2) is 34.6 Å². The summed E-state index contributed by atoms with van der Waals surface area (Å²) in [7, 11) is 0. The second-order valence-corrected chi connectivity index (χ2v) is 5.57. The molecule has 112 valence electrons. The van der Waals surface area contributed by atoms with E-state index in [1.165, 1.54) is 6.42 Å². The molecule has 0 spiro atoms. The summed E-state index contributed by atoms with van der Waals surface area (Å²) in [6.45, 7) is 2.54. The molecular weight excluding hydrogens is 264 g/mol. The molecule has 2 N–H and O–H groups in total. The number of para-hydroxylation sites is 2. The minimum atomic E-state index is 0.00725. The molecule has 1 fully saturated rings. The van der Waals surface area contributed by atoms with Crippen molar-refractivity contribution >= 4 is 16.9 Å². The highest BCUT2D eigenvalue weighted by Crippen LogP contribution is 2.12. The number of nitrogens with one attached hydrogen (secondary N) is 2. The Morgan fingerprint density at radius 2 is 2.29 bits per heavy atom. The van der Waals surface area contributed by atoms with Gasteiger partial charge < -0.3 is 15.2 Å². The predicted molar refractivity (Wildman–Crippen MR) is 83.0 cm³/mol. The molecule has 0 saturated carbocycles. The standard InChI is InChI=1S/C16H22N4O/c21-16(14-7-3-4-9-17-14)18-10-5-11-20-12-19-13-6-1-2-8-15(13)20/h1-2,6,8,12,14,17H,3-5,7,9-11H2,(H,18,21). The molecule has 2 heterocycles. The van der Waals surface area contributed by atoms with Crippen molar-refractivity contribution in [2.75, 3.05) is 13.1 Å². The van der Waals surface area contributed by atoms with Crippen molar-refractivity contribution in [2.24, 2.45) is 0 Å². The van der Waals surface area contributed by atoms with Crippen molar-refractivity contribution < 1.29 is 4.79 Å².